The van der Waals surface area contributed by atoms with Crippen molar-refractivity contribution in [1.82, 2.24) is 9.80 Å². The van der Waals surface area contributed by atoms with Gasteiger partial charge >= 0.3 is 0 Å². The van der Waals surface area contributed by atoms with Gasteiger partial charge in [0.1, 0.15) is 18.1 Å². The number of amides is 1. The maximum Gasteiger partial charge on any atom is 0.253 e. The minimum Gasteiger partial charge on any atom is -0.494 e. The Kier molecular flexibility index (Phi) is 9.20. The Labute approximate surface area is 233 Å². The summed E-state index contributed by atoms with van der Waals surface area (Å²) in [7, 11) is 0. The van der Waals surface area contributed by atoms with Crippen LogP contribution in [0.3, 0.4) is 0 Å². The zero-order chi connectivity index (χ0) is 26.9. The lowest BCUT2D eigenvalue weighted by Gasteiger charge is -2.45. The smallest absolute Gasteiger partial charge is 0.253 e. The van der Waals surface area contributed by atoms with Crippen molar-refractivity contribution < 1.29 is 14.3 Å². The summed E-state index contributed by atoms with van der Waals surface area (Å²) < 4.78 is 12.0. The van der Waals surface area contributed by atoms with Crippen molar-refractivity contribution in [2.45, 2.75) is 52.0 Å². The molecule has 0 aliphatic carbocycles. The first-order valence-electron chi connectivity index (χ1n) is 14.6. The fourth-order valence-corrected chi connectivity index (χ4v) is 6.22. The fraction of sp³-hybridized carbons (Fsp3) is 0.441. The molecule has 2 aliphatic rings. The first-order valence-corrected chi connectivity index (χ1v) is 14.6. The van der Waals surface area contributed by atoms with Gasteiger partial charge in [-0.2, -0.15) is 0 Å². The number of hydrogen-bond donors (Lipinski definition) is 0. The second kappa shape index (κ2) is 13.2. The molecule has 0 atom stereocenters. The van der Waals surface area contributed by atoms with Crippen LogP contribution in [0.5, 0.6) is 11.5 Å². The summed E-state index contributed by atoms with van der Waals surface area (Å²) in [4.78, 5) is 18.0. The van der Waals surface area contributed by atoms with E-state index in [2.05, 4.69) is 59.5 Å². The molecule has 0 saturated carbocycles. The van der Waals surface area contributed by atoms with Gasteiger partial charge < -0.3 is 14.4 Å². The molecule has 1 saturated heterocycles. The number of carbonyl (C=O) groups excluding carboxylic acids is 1. The number of aryl methyl sites for hydroxylation is 1. The van der Waals surface area contributed by atoms with Crippen LogP contribution in [-0.4, -0.2) is 55.1 Å². The Morgan fingerprint density at radius 3 is 2.51 bits per heavy atom. The zero-order valence-corrected chi connectivity index (χ0v) is 23.3. The van der Waals surface area contributed by atoms with Crippen molar-refractivity contribution in [3.63, 3.8) is 0 Å². The highest BCUT2D eigenvalue weighted by atomic mass is 16.5. The van der Waals surface area contributed by atoms with Crippen LogP contribution in [0.25, 0.3) is 0 Å². The number of rotatable bonds is 5. The van der Waals surface area contributed by atoms with Crippen molar-refractivity contribution in [3.8, 4) is 11.5 Å². The molecule has 206 valence electrons. The van der Waals surface area contributed by atoms with Crippen molar-refractivity contribution in [2.24, 2.45) is 5.41 Å². The van der Waals surface area contributed by atoms with E-state index in [9.17, 15) is 4.79 Å². The number of fused-ring (bicyclic) bond motifs is 1. The van der Waals surface area contributed by atoms with Gasteiger partial charge in [0.15, 0.2) is 0 Å². The average molecular weight is 527 g/mol. The molecule has 3 aromatic rings. The van der Waals surface area contributed by atoms with E-state index < -0.39 is 0 Å². The molecular formula is C34H42N2O3. The molecule has 0 aromatic heterocycles. The first kappa shape index (κ1) is 27.3. The van der Waals surface area contributed by atoms with Crippen LogP contribution in [-0.2, 0) is 13.0 Å². The molecule has 0 unspecified atom stereocenters. The van der Waals surface area contributed by atoms with E-state index in [-0.39, 0.29) is 11.3 Å². The second-order valence-electron chi connectivity index (χ2n) is 11.1. The van der Waals surface area contributed by atoms with Crippen molar-refractivity contribution >= 4 is 5.91 Å². The molecular weight excluding hydrogens is 484 g/mol. The average Bonchev–Trinajstić information content (AvgIpc) is 2.96. The van der Waals surface area contributed by atoms with Crippen LogP contribution in [0.1, 0.15) is 60.5 Å². The maximum absolute atomic E-state index is 13.4. The van der Waals surface area contributed by atoms with Gasteiger partial charge in [-0.25, -0.2) is 0 Å². The molecule has 5 rings (SSSR count). The van der Waals surface area contributed by atoms with Crippen molar-refractivity contribution in [2.75, 3.05) is 39.4 Å². The summed E-state index contributed by atoms with van der Waals surface area (Å²) in [5.41, 5.74) is 3.58. The Morgan fingerprint density at radius 2 is 1.69 bits per heavy atom. The third-order valence-corrected chi connectivity index (χ3v) is 8.35. The monoisotopic (exact) mass is 526 g/mol. The minimum absolute atomic E-state index is 0.116. The van der Waals surface area contributed by atoms with E-state index in [0.29, 0.717) is 13.2 Å². The van der Waals surface area contributed by atoms with Gasteiger partial charge in [-0.15, -0.1) is 0 Å². The van der Waals surface area contributed by atoms with Crippen LogP contribution in [0.2, 0.25) is 0 Å². The molecule has 1 amide bonds. The molecule has 0 bridgehead atoms. The van der Waals surface area contributed by atoms with E-state index in [1.54, 1.807) is 0 Å². The van der Waals surface area contributed by atoms with Gasteiger partial charge in [-0.3, -0.25) is 9.69 Å². The predicted octanol–water partition coefficient (Wildman–Crippen LogP) is 6.62. The second-order valence-corrected chi connectivity index (χ2v) is 11.1. The number of likely N-dealkylation sites (tertiary alicyclic amines) is 1. The lowest BCUT2D eigenvalue weighted by Crippen LogP contribution is -2.48. The molecule has 0 N–H and O–H groups in total. The summed E-state index contributed by atoms with van der Waals surface area (Å²) >= 11 is 0. The lowest BCUT2D eigenvalue weighted by atomic mass is 9.73. The van der Waals surface area contributed by atoms with E-state index in [1.807, 2.05) is 36.1 Å². The van der Waals surface area contributed by atoms with Gasteiger partial charge in [0, 0.05) is 38.3 Å². The Hall–Kier alpha value is -3.31. The molecule has 1 fully saturated rings. The van der Waals surface area contributed by atoms with Gasteiger partial charge in [0.05, 0.1) is 6.61 Å². The summed E-state index contributed by atoms with van der Waals surface area (Å²) in [6, 6.07) is 26.9. The summed E-state index contributed by atoms with van der Waals surface area (Å²) in [6.45, 7) is 7.69. The van der Waals surface area contributed by atoms with E-state index in [1.165, 1.54) is 24.0 Å². The summed E-state index contributed by atoms with van der Waals surface area (Å²) in [5, 5.41) is 0. The highest BCUT2D eigenvalue weighted by Gasteiger charge is 2.37. The molecule has 1 spiro atoms. The van der Waals surface area contributed by atoms with E-state index in [4.69, 9.17) is 9.47 Å². The number of hydrogen-bond acceptors (Lipinski definition) is 4. The van der Waals surface area contributed by atoms with Gasteiger partial charge in [0.25, 0.3) is 5.91 Å². The van der Waals surface area contributed by atoms with Gasteiger partial charge in [-0.1, -0.05) is 61.0 Å². The molecule has 2 aliphatic heterocycles. The third-order valence-electron chi connectivity index (χ3n) is 8.35. The fourth-order valence-electron chi connectivity index (χ4n) is 6.22. The minimum atomic E-state index is 0.116. The quantitative estimate of drug-likeness (QED) is 0.375. The lowest BCUT2D eigenvalue weighted by molar-refractivity contribution is 0.0361. The first-order chi connectivity index (χ1) is 19.1. The van der Waals surface area contributed by atoms with Gasteiger partial charge in [0.2, 0.25) is 0 Å². The third kappa shape index (κ3) is 7.21. The summed E-state index contributed by atoms with van der Waals surface area (Å²) in [5.74, 6) is 1.91. The number of carbonyl (C=O) groups is 1. The molecule has 5 nitrogen and oxygen atoms in total. The number of ether oxygens (including phenoxy) is 2. The normalized spacial score (nSPS) is 18.3. The maximum atomic E-state index is 13.4. The number of benzene rings is 3. The van der Waals surface area contributed by atoms with Crippen LogP contribution in [0.15, 0.2) is 78.9 Å². The number of piperidine rings is 1. The van der Waals surface area contributed by atoms with Crippen molar-refractivity contribution in [1.29, 1.82) is 0 Å². The summed E-state index contributed by atoms with van der Waals surface area (Å²) in [6.07, 6.45) is 6.68. The number of para-hydroxylation sites is 1. The SMILES string of the molecule is CCOc1cccc(C(=O)N2CCC3(CCCCc4ccccc4OCCN(Cc4ccccc4)C3)CC2)c1. The predicted molar refractivity (Wildman–Crippen MR) is 156 cm³/mol. The van der Waals surface area contributed by atoms with E-state index in [0.717, 1.165) is 75.5 Å². The van der Waals surface area contributed by atoms with Crippen LogP contribution in [0, 0.1) is 5.41 Å². The van der Waals surface area contributed by atoms with Crippen molar-refractivity contribution in [3.05, 3.63) is 95.6 Å². The van der Waals surface area contributed by atoms with Crippen LogP contribution < -0.4 is 9.47 Å². The molecule has 5 heteroatoms. The van der Waals surface area contributed by atoms with Crippen LogP contribution in [0.4, 0.5) is 0 Å². The highest BCUT2D eigenvalue weighted by molar-refractivity contribution is 5.94. The highest BCUT2D eigenvalue weighted by Crippen LogP contribution is 2.39. The molecule has 2 heterocycles. The zero-order valence-electron chi connectivity index (χ0n) is 23.3. The van der Waals surface area contributed by atoms with Crippen LogP contribution >= 0.6 is 0 Å². The molecule has 39 heavy (non-hydrogen) atoms. The molecule has 0 radical (unpaired) electrons. The topological polar surface area (TPSA) is 42.0 Å². The standard InChI is InChI=1S/C34H42N2O3/c1-2-38-31-16-10-15-30(25-31)33(37)36-21-19-34(20-22-36)18-9-8-14-29-13-6-7-17-32(29)39-24-23-35(27-34)26-28-11-4-3-5-12-28/h3-7,10-13,15-17,25H,2,8-9,14,18-24,26-27H2,1H3. The molecule has 3 aromatic carbocycles. The Bertz CT molecular complexity index is 1200. The van der Waals surface area contributed by atoms with Gasteiger partial charge in [-0.05, 0) is 79.8 Å². The number of nitrogens with zero attached hydrogens (tertiary/aromatic N) is 2. The Balaban J connectivity index is 1.31. The Morgan fingerprint density at radius 1 is 0.897 bits per heavy atom. The largest absolute Gasteiger partial charge is 0.494 e. The van der Waals surface area contributed by atoms with E-state index >= 15 is 0 Å².